The van der Waals surface area contributed by atoms with Crippen molar-refractivity contribution in [2.24, 2.45) is 0 Å². The van der Waals surface area contributed by atoms with Crippen LogP contribution in [0.1, 0.15) is 16.1 Å². The predicted molar refractivity (Wildman–Crippen MR) is 53.3 cm³/mol. The lowest BCUT2D eigenvalue weighted by Crippen LogP contribution is -2.12. The van der Waals surface area contributed by atoms with Crippen molar-refractivity contribution in [1.82, 2.24) is 20.4 Å². The van der Waals surface area contributed by atoms with E-state index in [0.29, 0.717) is 11.4 Å². The largest absolute Gasteiger partial charge is 0.305 e. The van der Waals surface area contributed by atoms with E-state index in [0.717, 1.165) is 5.69 Å². The van der Waals surface area contributed by atoms with E-state index in [1.165, 1.54) is 12.4 Å². The molecule has 0 aromatic carbocycles. The Balaban J connectivity index is 2.11. The number of nitrogens with one attached hydrogen (secondary N) is 2. The molecular formula is C9H9N5O. The Morgan fingerprint density at radius 1 is 1.47 bits per heavy atom. The van der Waals surface area contributed by atoms with Gasteiger partial charge in [-0.1, -0.05) is 0 Å². The van der Waals surface area contributed by atoms with Crippen molar-refractivity contribution < 1.29 is 4.79 Å². The minimum Gasteiger partial charge on any atom is -0.305 e. The molecule has 6 nitrogen and oxygen atoms in total. The monoisotopic (exact) mass is 203 g/mol. The summed E-state index contributed by atoms with van der Waals surface area (Å²) in [5.74, 6) is 0.241. The molecule has 0 spiro atoms. The molecule has 0 bridgehead atoms. The van der Waals surface area contributed by atoms with Crippen molar-refractivity contribution in [2.45, 2.75) is 6.92 Å². The van der Waals surface area contributed by atoms with E-state index in [1.807, 2.05) is 6.92 Å². The van der Waals surface area contributed by atoms with E-state index >= 15 is 0 Å². The van der Waals surface area contributed by atoms with Gasteiger partial charge in [0.1, 0.15) is 0 Å². The number of rotatable bonds is 2. The number of anilines is 1. The Bertz CT molecular complexity index is 464. The highest BCUT2D eigenvalue weighted by molar-refractivity contribution is 6.03. The molecule has 15 heavy (non-hydrogen) atoms. The summed E-state index contributed by atoms with van der Waals surface area (Å²) in [6, 6.07) is 3.33. The topological polar surface area (TPSA) is 83.6 Å². The zero-order valence-corrected chi connectivity index (χ0v) is 8.06. The summed E-state index contributed by atoms with van der Waals surface area (Å²) < 4.78 is 0. The van der Waals surface area contributed by atoms with Crippen LogP contribution in [0, 0.1) is 6.92 Å². The molecule has 0 aliphatic rings. The van der Waals surface area contributed by atoms with Crippen LogP contribution in [0.2, 0.25) is 0 Å². The molecule has 1 amide bonds. The number of amides is 1. The van der Waals surface area contributed by atoms with Gasteiger partial charge in [-0.15, -0.1) is 0 Å². The number of nitrogens with zero attached hydrogens (tertiary/aromatic N) is 3. The third-order valence-electron chi connectivity index (χ3n) is 1.79. The van der Waals surface area contributed by atoms with Crippen LogP contribution < -0.4 is 5.32 Å². The van der Waals surface area contributed by atoms with E-state index < -0.39 is 0 Å². The fraction of sp³-hybridized carbons (Fsp3) is 0.111. The first kappa shape index (κ1) is 9.32. The van der Waals surface area contributed by atoms with Gasteiger partial charge in [0.25, 0.3) is 5.91 Å². The number of aromatic amines is 1. The normalized spacial score (nSPS) is 9.93. The Labute approximate surface area is 85.7 Å². The molecule has 0 unspecified atom stereocenters. The number of aryl methyl sites for hydroxylation is 1. The van der Waals surface area contributed by atoms with Crippen LogP contribution in [-0.2, 0) is 0 Å². The molecule has 76 valence electrons. The SMILES string of the molecule is Cc1cc(NC(=O)c2ccnnc2)n[nH]1. The maximum Gasteiger partial charge on any atom is 0.258 e. The molecule has 2 heterocycles. The number of H-pyrrole nitrogens is 1. The minimum absolute atomic E-state index is 0.253. The minimum atomic E-state index is -0.253. The molecule has 0 radical (unpaired) electrons. The van der Waals surface area contributed by atoms with E-state index in [9.17, 15) is 4.79 Å². The Morgan fingerprint density at radius 2 is 2.33 bits per heavy atom. The van der Waals surface area contributed by atoms with Gasteiger partial charge in [-0.05, 0) is 13.0 Å². The molecule has 0 fully saturated rings. The van der Waals surface area contributed by atoms with Crippen LogP contribution in [0.3, 0.4) is 0 Å². The summed E-state index contributed by atoms with van der Waals surface area (Å²) in [6.07, 6.45) is 2.86. The lowest BCUT2D eigenvalue weighted by atomic mass is 10.3. The van der Waals surface area contributed by atoms with Gasteiger partial charge in [0, 0.05) is 11.8 Å². The first-order valence-electron chi connectivity index (χ1n) is 4.36. The quantitative estimate of drug-likeness (QED) is 0.754. The van der Waals surface area contributed by atoms with Crippen LogP contribution in [0.15, 0.2) is 24.5 Å². The van der Waals surface area contributed by atoms with Crippen molar-refractivity contribution in [1.29, 1.82) is 0 Å². The molecule has 2 N–H and O–H groups in total. The third kappa shape index (κ3) is 2.16. The molecule has 0 aliphatic heterocycles. The summed E-state index contributed by atoms with van der Waals surface area (Å²) in [5, 5.41) is 16.5. The Hall–Kier alpha value is -2.24. The zero-order valence-electron chi connectivity index (χ0n) is 8.06. The molecule has 0 saturated heterocycles. The van der Waals surface area contributed by atoms with Gasteiger partial charge in [-0.25, -0.2) is 0 Å². The molecule has 2 aromatic rings. The predicted octanol–water partition coefficient (Wildman–Crippen LogP) is 0.760. The van der Waals surface area contributed by atoms with Crippen LogP contribution in [0.25, 0.3) is 0 Å². The highest BCUT2D eigenvalue weighted by atomic mass is 16.1. The maximum atomic E-state index is 11.6. The van der Waals surface area contributed by atoms with Gasteiger partial charge >= 0.3 is 0 Å². The summed E-state index contributed by atoms with van der Waals surface area (Å²) in [6.45, 7) is 1.86. The number of carbonyl (C=O) groups excluding carboxylic acids is 1. The van der Waals surface area contributed by atoms with Gasteiger partial charge in [-0.3, -0.25) is 9.89 Å². The van der Waals surface area contributed by atoms with Crippen molar-refractivity contribution in [3.63, 3.8) is 0 Å². The van der Waals surface area contributed by atoms with Crippen molar-refractivity contribution in [3.8, 4) is 0 Å². The van der Waals surface area contributed by atoms with Gasteiger partial charge in [0.15, 0.2) is 5.82 Å². The van der Waals surface area contributed by atoms with Crippen LogP contribution in [-0.4, -0.2) is 26.3 Å². The summed E-state index contributed by atoms with van der Waals surface area (Å²) in [7, 11) is 0. The Morgan fingerprint density at radius 3 is 2.93 bits per heavy atom. The molecule has 6 heteroatoms. The van der Waals surface area contributed by atoms with Crippen LogP contribution in [0.5, 0.6) is 0 Å². The summed E-state index contributed by atoms with van der Waals surface area (Å²) in [4.78, 5) is 11.6. The molecule has 0 aliphatic carbocycles. The van der Waals surface area contributed by atoms with Gasteiger partial charge in [0.05, 0.1) is 18.0 Å². The summed E-state index contributed by atoms with van der Waals surface area (Å²) >= 11 is 0. The first-order chi connectivity index (χ1) is 7.25. The standard InChI is InChI=1S/C9H9N5O/c1-6-4-8(14-13-6)12-9(15)7-2-3-10-11-5-7/h2-5H,1H3,(H2,12,13,14,15). The first-order valence-corrected chi connectivity index (χ1v) is 4.36. The lowest BCUT2D eigenvalue weighted by molar-refractivity contribution is 0.102. The van der Waals surface area contributed by atoms with E-state index in [1.54, 1.807) is 12.1 Å². The smallest absolute Gasteiger partial charge is 0.258 e. The van der Waals surface area contributed by atoms with E-state index in [-0.39, 0.29) is 5.91 Å². The highest BCUT2D eigenvalue weighted by Crippen LogP contribution is 2.05. The number of aromatic nitrogens is 4. The van der Waals surface area contributed by atoms with Crippen LogP contribution >= 0.6 is 0 Å². The van der Waals surface area contributed by atoms with E-state index in [4.69, 9.17) is 0 Å². The van der Waals surface area contributed by atoms with Gasteiger partial charge in [0.2, 0.25) is 0 Å². The second-order valence-electron chi connectivity index (χ2n) is 3.02. The highest BCUT2D eigenvalue weighted by Gasteiger charge is 2.07. The fourth-order valence-corrected chi connectivity index (χ4v) is 1.10. The second-order valence-corrected chi connectivity index (χ2v) is 3.02. The molecular weight excluding hydrogens is 194 g/mol. The lowest BCUT2D eigenvalue weighted by Gasteiger charge is -1.99. The average molecular weight is 203 g/mol. The number of carbonyl (C=O) groups is 1. The number of hydrogen-bond acceptors (Lipinski definition) is 4. The average Bonchev–Trinajstić information content (AvgIpc) is 2.65. The van der Waals surface area contributed by atoms with Crippen molar-refractivity contribution >= 4 is 11.7 Å². The molecule has 0 atom stereocenters. The second kappa shape index (κ2) is 3.87. The van der Waals surface area contributed by atoms with Gasteiger partial charge in [-0.2, -0.15) is 15.3 Å². The van der Waals surface area contributed by atoms with Crippen molar-refractivity contribution in [2.75, 3.05) is 5.32 Å². The summed E-state index contributed by atoms with van der Waals surface area (Å²) in [5.41, 5.74) is 1.34. The molecule has 2 aromatic heterocycles. The van der Waals surface area contributed by atoms with E-state index in [2.05, 4.69) is 25.7 Å². The third-order valence-corrected chi connectivity index (χ3v) is 1.79. The molecule has 0 saturated carbocycles. The Kier molecular flexibility index (Phi) is 2.40. The van der Waals surface area contributed by atoms with Gasteiger partial charge < -0.3 is 5.32 Å². The maximum absolute atomic E-state index is 11.6. The fourth-order valence-electron chi connectivity index (χ4n) is 1.10. The zero-order chi connectivity index (χ0) is 10.7. The van der Waals surface area contributed by atoms with Crippen molar-refractivity contribution in [3.05, 3.63) is 35.8 Å². The number of hydrogen-bond donors (Lipinski definition) is 2. The molecule has 2 rings (SSSR count). The van der Waals surface area contributed by atoms with Crippen LogP contribution in [0.4, 0.5) is 5.82 Å².